The fourth-order valence-electron chi connectivity index (χ4n) is 1.41. The number of hydrogen-bond donors (Lipinski definition) is 1. The van der Waals surface area contributed by atoms with Gasteiger partial charge in [-0.2, -0.15) is 0 Å². The predicted molar refractivity (Wildman–Crippen MR) is 84.1 cm³/mol. The van der Waals surface area contributed by atoms with Gasteiger partial charge in [-0.3, -0.25) is 4.72 Å². The van der Waals surface area contributed by atoms with Crippen LogP contribution in [0.2, 0.25) is 0 Å². The van der Waals surface area contributed by atoms with Gasteiger partial charge < -0.3 is 0 Å². The largest absolute Gasteiger partial charge is 0.279 e. The Labute approximate surface area is 128 Å². The summed E-state index contributed by atoms with van der Waals surface area (Å²) in [5.74, 6) is 0. The van der Waals surface area contributed by atoms with Crippen LogP contribution in [0, 0.1) is 3.57 Å². The van der Waals surface area contributed by atoms with Crippen molar-refractivity contribution < 1.29 is 8.42 Å². The van der Waals surface area contributed by atoms with Crippen LogP contribution < -0.4 is 4.72 Å². The van der Waals surface area contributed by atoms with Gasteiger partial charge in [0.1, 0.15) is 4.90 Å². The third-order valence-corrected chi connectivity index (χ3v) is 5.56. The summed E-state index contributed by atoms with van der Waals surface area (Å²) < 4.78 is 28.4. The van der Waals surface area contributed by atoms with Crippen molar-refractivity contribution in [2.24, 2.45) is 0 Å². The Morgan fingerprint density at radius 1 is 1.00 bits per heavy atom. The Morgan fingerprint density at radius 3 is 2.28 bits per heavy atom. The van der Waals surface area contributed by atoms with Crippen molar-refractivity contribution in [3.63, 3.8) is 0 Å². The summed E-state index contributed by atoms with van der Waals surface area (Å²) in [7, 11) is -3.57. The summed E-state index contributed by atoms with van der Waals surface area (Å²) in [5, 5.41) is 0. The van der Waals surface area contributed by atoms with Gasteiger partial charge >= 0.3 is 0 Å². The number of nitrogens with one attached hydrogen (secondary N) is 1. The first kappa shape index (κ1) is 13.8. The number of halogens is 2. The lowest BCUT2D eigenvalue weighted by molar-refractivity contribution is 0.600. The van der Waals surface area contributed by atoms with Crippen LogP contribution in [0.3, 0.4) is 0 Å². The molecule has 0 amide bonds. The molecule has 6 heteroatoms. The summed E-state index contributed by atoms with van der Waals surface area (Å²) in [4.78, 5) is 0.227. The second-order valence-electron chi connectivity index (χ2n) is 3.52. The molecule has 0 unspecified atom stereocenters. The van der Waals surface area contributed by atoms with Crippen molar-refractivity contribution in [2.45, 2.75) is 4.90 Å². The van der Waals surface area contributed by atoms with Gasteiger partial charge in [-0.25, -0.2) is 8.42 Å². The maximum Gasteiger partial charge on any atom is 0.263 e. The molecule has 0 saturated carbocycles. The van der Waals surface area contributed by atoms with Gasteiger partial charge in [0.2, 0.25) is 0 Å². The molecule has 0 radical (unpaired) electrons. The van der Waals surface area contributed by atoms with Crippen molar-refractivity contribution in [3.8, 4) is 0 Å². The molecule has 0 aliphatic carbocycles. The van der Waals surface area contributed by atoms with Gasteiger partial charge in [0, 0.05) is 8.04 Å². The molecule has 2 aromatic carbocycles. The van der Waals surface area contributed by atoms with E-state index in [2.05, 4.69) is 43.2 Å². The second kappa shape index (κ2) is 5.58. The Bertz CT molecular complexity index is 673. The lowest BCUT2D eigenvalue weighted by atomic mass is 10.3. The molecular formula is C12H9BrINO2S. The standard InChI is InChI=1S/C12H9BrINO2S/c13-9-5-1-4-8-12(9)18(16,17)15-11-7-3-2-6-10(11)14/h1-8,15H. The van der Waals surface area contributed by atoms with E-state index in [4.69, 9.17) is 0 Å². The molecule has 18 heavy (non-hydrogen) atoms. The fourth-order valence-corrected chi connectivity index (χ4v) is 4.20. The van der Waals surface area contributed by atoms with Crippen molar-refractivity contribution in [2.75, 3.05) is 4.72 Å². The van der Waals surface area contributed by atoms with Crippen LogP contribution in [0.25, 0.3) is 0 Å². The monoisotopic (exact) mass is 437 g/mol. The quantitative estimate of drug-likeness (QED) is 0.741. The molecule has 0 fully saturated rings. The first-order valence-corrected chi connectivity index (χ1v) is 8.38. The summed E-state index contributed by atoms with van der Waals surface area (Å²) in [5.41, 5.74) is 0.578. The van der Waals surface area contributed by atoms with E-state index in [9.17, 15) is 8.42 Å². The molecule has 0 saturated heterocycles. The molecule has 0 aliphatic rings. The Kier molecular flexibility index (Phi) is 4.29. The van der Waals surface area contributed by atoms with Crippen LogP contribution in [-0.2, 0) is 10.0 Å². The Hall–Kier alpha value is -0.600. The molecule has 0 bridgehead atoms. The maximum atomic E-state index is 12.2. The van der Waals surface area contributed by atoms with Crippen LogP contribution >= 0.6 is 38.5 Å². The summed E-state index contributed by atoms with van der Waals surface area (Å²) in [6.45, 7) is 0. The van der Waals surface area contributed by atoms with E-state index in [0.29, 0.717) is 10.2 Å². The number of anilines is 1. The lowest BCUT2D eigenvalue weighted by Gasteiger charge is -2.10. The smallest absolute Gasteiger partial charge is 0.263 e. The van der Waals surface area contributed by atoms with Crippen LogP contribution in [0.4, 0.5) is 5.69 Å². The molecular weight excluding hydrogens is 429 g/mol. The zero-order chi connectivity index (χ0) is 13.2. The third-order valence-electron chi connectivity index (χ3n) is 2.24. The molecule has 2 rings (SSSR count). The Balaban J connectivity index is 2.40. The normalized spacial score (nSPS) is 11.2. The number of para-hydroxylation sites is 1. The summed E-state index contributed by atoms with van der Waals surface area (Å²) in [6, 6.07) is 13.9. The first-order chi connectivity index (χ1) is 8.50. The molecule has 94 valence electrons. The van der Waals surface area contributed by atoms with Crippen LogP contribution in [-0.4, -0.2) is 8.42 Å². The minimum Gasteiger partial charge on any atom is -0.279 e. The van der Waals surface area contributed by atoms with Crippen molar-refractivity contribution in [1.29, 1.82) is 0 Å². The molecule has 2 aromatic rings. The van der Waals surface area contributed by atoms with Gasteiger partial charge in [-0.1, -0.05) is 24.3 Å². The molecule has 0 aliphatic heterocycles. The van der Waals surface area contributed by atoms with Gasteiger partial charge in [0.15, 0.2) is 0 Å². The van der Waals surface area contributed by atoms with Gasteiger partial charge in [-0.15, -0.1) is 0 Å². The minimum absolute atomic E-state index is 0.227. The van der Waals surface area contributed by atoms with Gasteiger partial charge in [0.05, 0.1) is 5.69 Å². The van der Waals surface area contributed by atoms with Crippen LogP contribution in [0.15, 0.2) is 57.9 Å². The molecule has 0 aromatic heterocycles. The van der Waals surface area contributed by atoms with E-state index < -0.39 is 10.0 Å². The van der Waals surface area contributed by atoms with Gasteiger partial charge in [0.25, 0.3) is 10.0 Å². The highest BCUT2D eigenvalue weighted by molar-refractivity contribution is 14.1. The average molecular weight is 438 g/mol. The van der Waals surface area contributed by atoms with Crippen LogP contribution in [0.5, 0.6) is 0 Å². The Morgan fingerprint density at radius 2 is 1.61 bits per heavy atom. The minimum atomic E-state index is -3.57. The van der Waals surface area contributed by atoms with E-state index >= 15 is 0 Å². The van der Waals surface area contributed by atoms with Crippen LogP contribution in [0.1, 0.15) is 0 Å². The second-order valence-corrected chi connectivity index (χ2v) is 7.18. The van der Waals surface area contributed by atoms with E-state index in [1.54, 1.807) is 36.4 Å². The highest BCUT2D eigenvalue weighted by Gasteiger charge is 2.17. The summed E-state index contributed by atoms with van der Waals surface area (Å²) in [6.07, 6.45) is 0. The van der Waals surface area contributed by atoms with E-state index in [-0.39, 0.29) is 4.90 Å². The summed E-state index contributed by atoms with van der Waals surface area (Å²) >= 11 is 5.33. The first-order valence-electron chi connectivity index (χ1n) is 5.02. The maximum absolute atomic E-state index is 12.2. The molecule has 0 spiro atoms. The van der Waals surface area contributed by atoms with E-state index in [1.165, 1.54) is 0 Å². The third kappa shape index (κ3) is 3.04. The number of rotatable bonds is 3. The number of hydrogen-bond acceptors (Lipinski definition) is 2. The average Bonchev–Trinajstić information content (AvgIpc) is 2.32. The SMILES string of the molecule is O=S(=O)(Nc1ccccc1I)c1ccccc1Br. The highest BCUT2D eigenvalue weighted by atomic mass is 127. The zero-order valence-electron chi connectivity index (χ0n) is 9.10. The number of benzene rings is 2. The predicted octanol–water partition coefficient (Wildman–Crippen LogP) is 3.85. The van der Waals surface area contributed by atoms with E-state index in [0.717, 1.165) is 3.57 Å². The van der Waals surface area contributed by atoms with Gasteiger partial charge in [-0.05, 0) is 62.8 Å². The van der Waals surface area contributed by atoms with Crippen molar-refractivity contribution in [3.05, 3.63) is 56.6 Å². The van der Waals surface area contributed by atoms with E-state index in [1.807, 2.05) is 12.1 Å². The zero-order valence-corrected chi connectivity index (χ0v) is 13.7. The van der Waals surface area contributed by atoms with Crippen molar-refractivity contribution >= 4 is 54.2 Å². The number of sulfonamides is 1. The molecule has 0 heterocycles. The molecule has 0 atom stereocenters. The fraction of sp³-hybridized carbons (Fsp3) is 0. The highest BCUT2D eigenvalue weighted by Crippen LogP contribution is 2.25. The lowest BCUT2D eigenvalue weighted by Crippen LogP contribution is -2.14. The van der Waals surface area contributed by atoms with Crippen molar-refractivity contribution in [1.82, 2.24) is 0 Å². The molecule has 3 nitrogen and oxygen atoms in total. The topological polar surface area (TPSA) is 46.2 Å². The molecule has 1 N–H and O–H groups in total.